The maximum absolute atomic E-state index is 10.6. The van der Waals surface area contributed by atoms with E-state index in [0.717, 1.165) is 10.0 Å². The number of methoxy groups -OCH3 is 1. The predicted molar refractivity (Wildman–Crippen MR) is 51.3 cm³/mol. The molecule has 0 heterocycles. The summed E-state index contributed by atoms with van der Waals surface area (Å²) in [6.07, 6.45) is -0.664. The van der Waals surface area contributed by atoms with Crippen molar-refractivity contribution in [1.82, 2.24) is 0 Å². The van der Waals surface area contributed by atoms with Gasteiger partial charge in [-0.15, -0.1) is 0 Å². The summed E-state index contributed by atoms with van der Waals surface area (Å²) >= 11 is 3.31. The lowest BCUT2D eigenvalue weighted by atomic mass is 10.2. The van der Waals surface area contributed by atoms with E-state index in [0.29, 0.717) is 0 Å². The molecule has 0 saturated carbocycles. The summed E-state index contributed by atoms with van der Waals surface area (Å²) in [5, 5.41) is 0. The van der Waals surface area contributed by atoms with Crippen LogP contribution in [0.4, 0.5) is 4.79 Å². The van der Waals surface area contributed by atoms with Gasteiger partial charge in [0.25, 0.3) is 0 Å². The Labute approximate surface area is 84.8 Å². The van der Waals surface area contributed by atoms with Crippen molar-refractivity contribution in [3.63, 3.8) is 0 Å². The molecule has 0 radical (unpaired) electrons. The number of carbonyl (C=O) groups excluding carboxylic acids is 1. The van der Waals surface area contributed by atoms with Crippen molar-refractivity contribution in [2.24, 2.45) is 0 Å². The second-order valence-corrected chi connectivity index (χ2v) is 3.28. The van der Waals surface area contributed by atoms with Gasteiger partial charge in [0.1, 0.15) is 6.61 Å². The number of benzene rings is 1. The highest BCUT2D eigenvalue weighted by Gasteiger charge is 2.00. The van der Waals surface area contributed by atoms with Crippen LogP contribution in [0.1, 0.15) is 5.56 Å². The maximum Gasteiger partial charge on any atom is 0.508 e. The fourth-order valence-electron chi connectivity index (χ4n) is 0.782. The van der Waals surface area contributed by atoms with Gasteiger partial charge in [0.2, 0.25) is 0 Å². The zero-order chi connectivity index (χ0) is 9.68. The summed E-state index contributed by atoms with van der Waals surface area (Å²) in [6, 6.07) is 7.51. The molecule has 0 aliphatic carbocycles. The zero-order valence-electron chi connectivity index (χ0n) is 7.12. The number of hydrogen-bond donors (Lipinski definition) is 0. The van der Waals surface area contributed by atoms with Gasteiger partial charge in [-0.25, -0.2) is 4.79 Å². The maximum atomic E-state index is 10.6. The van der Waals surface area contributed by atoms with Crippen LogP contribution < -0.4 is 0 Å². The highest BCUT2D eigenvalue weighted by atomic mass is 79.9. The Morgan fingerprint density at radius 3 is 2.54 bits per heavy atom. The van der Waals surface area contributed by atoms with Gasteiger partial charge in [0.05, 0.1) is 7.11 Å². The van der Waals surface area contributed by atoms with Crippen LogP contribution in [0, 0.1) is 0 Å². The second-order valence-electron chi connectivity index (χ2n) is 2.37. The highest BCUT2D eigenvalue weighted by Crippen LogP contribution is 2.11. The van der Waals surface area contributed by atoms with Gasteiger partial charge in [0.15, 0.2) is 0 Å². The first kappa shape index (κ1) is 10.1. The standard InChI is InChI=1S/C9H9BrO3/c1-12-9(11)13-6-7-2-4-8(10)5-3-7/h2-5H,6H2,1H3. The zero-order valence-corrected chi connectivity index (χ0v) is 8.71. The molecule has 0 amide bonds. The normalized spacial score (nSPS) is 9.38. The molecule has 0 aliphatic heterocycles. The smallest absolute Gasteiger partial charge is 0.438 e. The lowest BCUT2D eigenvalue weighted by Crippen LogP contribution is -2.03. The number of rotatable bonds is 2. The van der Waals surface area contributed by atoms with Crippen molar-refractivity contribution in [2.75, 3.05) is 7.11 Å². The van der Waals surface area contributed by atoms with E-state index in [1.165, 1.54) is 7.11 Å². The Morgan fingerprint density at radius 2 is 2.00 bits per heavy atom. The average Bonchev–Trinajstić information content (AvgIpc) is 2.16. The number of halogens is 1. The molecular formula is C9H9BrO3. The minimum Gasteiger partial charge on any atom is -0.438 e. The minimum atomic E-state index is -0.664. The Kier molecular flexibility index (Phi) is 3.76. The van der Waals surface area contributed by atoms with Crippen molar-refractivity contribution in [3.8, 4) is 0 Å². The van der Waals surface area contributed by atoms with Crippen molar-refractivity contribution < 1.29 is 14.3 Å². The van der Waals surface area contributed by atoms with Gasteiger partial charge in [-0.2, -0.15) is 0 Å². The fourth-order valence-corrected chi connectivity index (χ4v) is 1.05. The molecule has 0 saturated heterocycles. The molecule has 0 N–H and O–H groups in total. The third-order valence-electron chi connectivity index (χ3n) is 1.44. The predicted octanol–water partition coefficient (Wildman–Crippen LogP) is 2.73. The van der Waals surface area contributed by atoms with E-state index in [-0.39, 0.29) is 6.61 Å². The topological polar surface area (TPSA) is 35.5 Å². The van der Waals surface area contributed by atoms with E-state index in [1.807, 2.05) is 24.3 Å². The van der Waals surface area contributed by atoms with Crippen molar-refractivity contribution >= 4 is 22.1 Å². The van der Waals surface area contributed by atoms with Crippen molar-refractivity contribution in [3.05, 3.63) is 34.3 Å². The summed E-state index contributed by atoms with van der Waals surface area (Å²) in [5.41, 5.74) is 0.925. The molecule has 1 aromatic rings. The molecule has 0 atom stereocenters. The van der Waals surface area contributed by atoms with E-state index < -0.39 is 6.16 Å². The van der Waals surface area contributed by atoms with Crippen LogP contribution in [-0.4, -0.2) is 13.3 Å². The lowest BCUT2D eigenvalue weighted by molar-refractivity contribution is 0.0669. The number of ether oxygens (including phenoxy) is 2. The molecule has 0 aromatic heterocycles. The Hall–Kier alpha value is -1.03. The molecule has 0 spiro atoms. The molecule has 3 nitrogen and oxygen atoms in total. The van der Waals surface area contributed by atoms with Gasteiger partial charge in [-0.05, 0) is 17.7 Å². The van der Waals surface area contributed by atoms with Crippen LogP contribution in [0.15, 0.2) is 28.7 Å². The third-order valence-corrected chi connectivity index (χ3v) is 1.97. The van der Waals surface area contributed by atoms with Gasteiger partial charge in [-0.3, -0.25) is 0 Å². The van der Waals surface area contributed by atoms with E-state index in [4.69, 9.17) is 4.74 Å². The average molecular weight is 245 g/mol. The van der Waals surface area contributed by atoms with Gasteiger partial charge >= 0.3 is 6.16 Å². The SMILES string of the molecule is COC(=O)OCc1ccc(Br)cc1. The van der Waals surface area contributed by atoms with E-state index >= 15 is 0 Å². The molecular weight excluding hydrogens is 236 g/mol. The van der Waals surface area contributed by atoms with E-state index in [1.54, 1.807) is 0 Å². The van der Waals surface area contributed by atoms with Crippen LogP contribution in [0.5, 0.6) is 0 Å². The van der Waals surface area contributed by atoms with Crippen LogP contribution in [0.2, 0.25) is 0 Å². The van der Waals surface area contributed by atoms with Crippen LogP contribution in [-0.2, 0) is 16.1 Å². The van der Waals surface area contributed by atoms with Gasteiger partial charge < -0.3 is 9.47 Å². The molecule has 0 bridgehead atoms. The molecule has 0 fully saturated rings. The summed E-state index contributed by atoms with van der Waals surface area (Å²) < 4.78 is 10.1. The Balaban J connectivity index is 2.46. The van der Waals surface area contributed by atoms with E-state index in [2.05, 4.69) is 20.7 Å². The number of carbonyl (C=O) groups is 1. The first-order valence-corrected chi connectivity index (χ1v) is 4.47. The Morgan fingerprint density at radius 1 is 1.38 bits per heavy atom. The quantitative estimate of drug-likeness (QED) is 0.751. The van der Waals surface area contributed by atoms with Crippen molar-refractivity contribution in [1.29, 1.82) is 0 Å². The summed E-state index contributed by atoms with van der Waals surface area (Å²) in [5.74, 6) is 0. The molecule has 0 unspecified atom stereocenters. The number of hydrogen-bond acceptors (Lipinski definition) is 3. The lowest BCUT2D eigenvalue weighted by Gasteiger charge is -2.02. The summed E-state index contributed by atoms with van der Waals surface area (Å²) in [4.78, 5) is 10.6. The summed E-state index contributed by atoms with van der Waals surface area (Å²) in [6.45, 7) is 0.236. The largest absolute Gasteiger partial charge is 0.508 e. The first-order valence-electron chi connectivity index (χ1n) is 3.67. The third kappa shape index (κ3) is 3.46. The van der Waals surface area contributed by atoms with Crippen LogP contribution >= 0.6 is 15.9 Å². The monoisotopic (exact) mass is 244 g/mol. The van der Waals surface area contributed by atoms with Crippen molar-refractivity contribution in [2.45, 2.75) is 6.61 Å². The summed E-state index contributed by atoms with van der Waals surface area (Å²) in [7, 11) is 1.28. The molecule has 1 rings (SSSR count). The highest BCUT2D eigenvalue weighted by molar-refractivity contribution is 9.10. The fraction of sp³-hybridized carbons (Fsp3) is 0.222. The Bertz CT molecular complexity index is 281. The first-order chi connectivity index (χ1) is 6.22. The molecule has 13 heavy (non-hydrogen) atoms. The minimum absolute atomic E-state index is 0.236. The molecule has 0 aliphatic rings. The van der Waals surface area contributed by atoms with Crippen LogP contribution in [0.25, 0.3) is 0 Å². The van der Waals surface area contributed by atoms with Gasteiger partial charge in [-0.1, -0.05) is 28.1 Å². The molecule has 1 aromatic carbocycles. The molecule has 70 valence electrons. The van der Waals surface area contributed by atoms with E-state index in [9.17, 15) is 4.79 Å². The van der Waals surface area contributed by atoms with Gasteiger partial charge in [0, 0.05) is 4.47 Å². The van der Waals surface area contributed by atoms with Crippen LogP contribution in [0.3, 0.4) is 0 Å². The molecule has 4 heteroatoms. The second kappa shape index (κ2) is 4.87.